The van der Waals surface area contributed by atoms with Gasteiger partial charge in [-0.3, -0.25) is 4.98 Å². The van der Waals surface area contributed by atoms with Crippen LogP contribution in [0.2, 0.25) is 0 Å². The summed E-state index contributed by atoms with van der Waals surface area (Å²) in [6, 6.07) is 10.0. The number of nitrogens with zero attached hydrogens (tertiary/aromatic N) is 1. The first-order valence-electron chi connectivity index (χ1n) is 6.42. The molecule has 3 heteroatoms. The molecule has 0 aliphatic heterocycles. The summed E-state index contributed by atoms with van der Waals surface area (Å²) in [6.07, 6.45) is 2.52. The Morgan fingerprint density at radius 1 is 1.26 bits per heavy atom. The van der Waals surface area contributed by atoms with Gasteiger partial charge in [-0.25, -0.2) is 0 Å². The molecule has 0 radical (unpaired) electrons. The predicted molar refractivity (Wildman–Crippen MR) is 77.3 cm³/mol. The second-order valence-corrected chi connectivity index (χ2v) is 4.83. The number of hydrogen-bond donors (Lipinski definition) is 1. The van der Waals surface area contributed by atoms with E-state index in [9.17, 15) is 0 Å². The number of ether oxygens (including phenoxy) is 1. The van der Waals surface area contributed by atoms with E-state index < -0.39 is 0 Å². The number of rotatable bonds is 4. The summed E-state index contributed by atoms with van der Waals surface area (Å²) in [5.41, 5.74) is 10.9. The van der Waals surface area contributed by atoms with Gasteiger partial charge in [-0.15, -0.1) is 0 Å². The van der Waals surface area contributed by atoms with Crippen LogP contribution in [-0.4, -0.2) is 12.1 Å². The van der Waals surface area contributed by atoms with Crippen LogP contribution in [0.25, 0.3) is 0 Å². The molecule has 0 saturated carbocycles. The number of hydrogen-bond acceptors (Lipinski definition) is 3. The maximum Gasteiger partial charge on any atom is 0.141 e. The predicted octanol–water partition coefficient (Wildman–Crippen LogP) is 2.95. The van der Waals surface area contributed by atoms with Gasteiger partial charge in [0.1, 0.15) is 5.75 Å². The lowest BCUT2D eigenvalue weighted by atomic mass is 9.97. The Balaban J connectivity index is 2.25. The monoisotopic (exact) mass is 256 g/mol. The van der Waals surface area contributed by atoms with Crippen LogP contribution in [-0.2, 0) is 6.42 Å². The van der Waals surface area contributed by atoms with Crippen LogP contribution in [0.1, 0.15) is 28.4 Å². The smallest absolute Gasteiger partial charge is 0.141 e. The molecule has 0 fully saturated rings. The van der Waals surface area contributed by atoms with E-state index in [4.69, 9.17) is 10.5 Å². The van der Waals surface area contributed by atoms with E-state index in [0.29, 0.717) is 0 Å². The molecule has 0 spiro atoms. The van der Waals surface area contributed by atoms with E-state index in [2.05, 4.69) is 37.0 Å². The maximum absolute atomic E-state index is 6.28. The molecule has 1 aromatic carbocycles. The molecule has 0 aliphatic rings. The van der Waals surface area contributed by atoms with Gasteiger partial charge in [-0.2, -0.15) is 0 Å². The van der Waals surface area contributed by atoms with Crippen molar-refractivity contribution in [3.05, 3.63) is 58.9 Å². The number of pyridine rings is 1. The summed E-state index contributed by atoms with van der Waals surface area (Å²) in [5, 5.41) is 0. The van der Waals surface area contributed by atoms with Crippen molar-refractivity contribution >= 4 is 0 Å². The molecule has 1 heterocycles. The van der Waals surface area contributed by atoms with Crippen LogP contribution >= 0.6 is 0 Å². The van der Waals surface area contributed by atoms with Crippen LogP contribution in [0.15, 0.2) is 36.5 Å². The Kier molecular flexibility index (Phi) is 4.17. The lowest BCUT2D eigenvalue weighted by molar-refractivity contribution is 0.401. The Morgan fingerprint density at radius 3 is 2.79 bits per heavy atom. The summed E-state index contributed by atoms with van der Waals surface area (Å²) >= 11 is 0. The zero-order valence-electron chi connectivity index (χ0n) is 11.7. The zero-order chi connectivity index (χ0) is 13.8. The molecule has 1 atom stereocenters. The third-order valence-electron chi connectivity index (χ3n) is 3.32. The van der Waals surface area contributed by atoms with E-state index in [0.717, 1.165) is 17.9 Å². The molecule has 0 bridgehead atoms. The highest BCUT2D eigenvalue weighted by atomic mass is 16.5. The summed E-state index contributed by atoms with van der Waals surface area (Å²) in [5.74, 6) is 0.750. The van der Waals surface area contributed by atoms with Gasteiger partial charge in [-0.05, 0) is 43.5 Å². The number of nitrogens with two attached hydrogens (primary N) is 1. The van der Waals surface area contributed by atoms with Gasteiger partial charge in [0, 0.05) is 6.20 Å². The molecule has 19 heavy (non-hydrogen) atoms. The summed E-state index contributed by atoms with van der Waals surface area (Å²) in [6.45, 7) is 4.20. The average Bonchev–Trinajstić information content (AvgIpc) is 2.42. The third-order valence-corrected chi connectivity index (χ3v) is 3.32. The Morgan fingerprint density at radius 2 is 2.05 bits per heavy atom. The van der Waals surface area contributed by atoms with Crippen LogP contribution in [0.4, 0.5) is 0 Å². The minimum atomic E-state index is -0.156. The highest BCUT2D eigenvalue weighted by Crippen LogP contribution is 2.24. The van der Waals surface area contributed by atoms with Gasteiger partial charge in [0.2, 0.25) is 0 Å². The van der Waals surface area contributed by atoms with Gasteiger partial charge in [0.15, 0.2) is 0 Å². The highest BCUT2D eigenvalue weighted by molar-refractivity contribution is 5.34. The van der Waals surface area contributed by atoms with Crippen molar-refractivity contribution in [2.75, 3.05) is 7.11 Å². The average molecular weight is 256 g/mol. The first-order valence-corrected chi connectivity index (χ1v) is 6.42. The Hall–Kier alpha value is -1.87. The molecule has 1 unspecified atom stereocenters. The molecular formula is C16H20N2O. The van der Waals surface area contributed by atoms with Crippen LogP contribution in [0, 0.1) is 13.8 Å². The molecular weight excluding hydrogens is 236 g/mol. The van der Waals surface area contributed by atoms with E-state index in [-0.39, 0.29) is 6.04 Å². The van der Waals surface area contributed by atoms with Crippen LogP contribution in [0.5, 0.6) is 5.75 Å². The Labute approximate surface area is 114 Å². The molecule has 1 aromatic heterocycles. The fourth-order valence-corrected chi connectivity index (χ4v) is 2.21. The quantitative estimate of drug-likeness (QED) is 0.915. The topological polar surface area (TPSA) is 48.1 Å². The van der Waals surface area contributed by atoms with Crippen molar-refractivity contribution in [1.82, 2.24) is 4.98 Å². The lowest BCUT2D eigenvalue weighted by Gasteiger charge is -2.16. The molecule has 2 N–H and O–H groups in total. The normalized spacial score (nSPS) is 12.2. The summed E-state index contributed by atoms with van der Waals surface area (Å²) in [7, 11) is 1.64. The van der Waals surface area contributed by atoms with Crippen LogP contribution < -0.4 is 10.5 Å². The molecule has 0 aliphatic carbocycles. The summed E-state index contributed by atoms with van der Waals surface area (Å²) in [4.78, 5) is 4.35. The third kappa shape index (κ3) is 3.12. The largest absolute Gasteiger partial charge is 0.495 e. The van der Waals surface area contributed by atoms with E-state index >= 15 is 0 Å². The van der Waals surface area contributed by atoms with Gasteiger partial charge in [0.05, 0.1) is 18.8 Å². The van der Waals surface area contributed by atoms with E-state index in [1.807, 2.05) is 12.1 Å². The molecule has 2 aromatic rings. The van der Waals surface area contributed by atoms with E-state index in [1.54, 1.807) is 13.3 Å². The van der Waals surface area contributed by atoms with E-state index in [1.165, 1.54) is 16.7 Å². The van der Waals surface area contributed by atoms with Crippen molar-refractivity contribution in [2.24, 2.45) is 5.73 Å². The number of aryl methyl sites for hydroxylation is 2. The molecule has 0 saturated heterocycles. The highest BCUT2D eigenvalue weighted by Gasteiger charge is 2.14. The fraction of sp³-hybridized carbons (Fsp3) is 0.312. The number of methoxy groups -OCH3 is 1. The molecule has 0 amide bonds. The van der Waals surface area contributed by atoms with Gasteiger partial charge >= 0.3 is 0 Å². The van der Waals surface area contributed by atoms with Crippen molar-refractivity contribution in [1.29, 1.82) is 0 Å². The molecule has 2 rings (SSSR count). The van der Waals surface area contributed by atoms with Crippen molar-refractivity contribution in [3.63, 3.8) is 0 Å². The fourth-order valence-electron chi connectivity index (χ4n) is 2.21. The standard InChI is InChI=1S/C16H20N2O/c1-11-6-7-12(2)13(9-11)10-14(17)16-15(19-3)5-4-8-18-16/h4-9,14H,10,17H2,1-3H3. The van der Waals surface area contributed by atoms with Crippen molar-refractivity contribution in [2.45, 2.75) is 26.3 Å². The van der Waals surface area contributed by atoms with Gasteiger partial charge in [0.25, 0.3) is 0 Å². The first kappa shape index (κ1) is 13.6. The molecule has 100 valence electrons. The van der Waals surface area contributed by atoms with Crippen molar-refractivity contribution < 1.29 is 4.74 Å². The Bertz CT molecular complexity index is 566. The van der Waals surface area contributed by atoms with Gasteiger partial charge < -0.3 is 10.5 Å². The maximum atomic E-state index is 6.28. The minimum absolute atomic E-state index is 0.156. The lowest BCUT2D eigenvalue weighted by Crippen LogP contribution is -2.16. The second-order valence-electron chi connectivity index (χ2n) is 4.83. The first-order chi connectivity index (χ1) is 9.11. The van der Waals surface area contributed by atoms with Crippen LogP contribution in [0.3, 0.4) is 0 Å². The minimum Gasteiger partial charge on any atom is -0.495 e. The molecule has 3 nitrogen and oxygen atoms in total. The second kappa shape index (κ2) is 5.85. The number of aromatic nitrogens is 1. The number of benzene rings is 1. The zero-order valence-corrected chi connectivity index (χ0v) is 11.7. The van der Waals surface area contributed by atoms with Crippen molar-refractivity contribution in [3.8, 4) is 5.75 Å². The SMILES string of the molecule is COc1cccnc1C(N)Cc1cc(C)ccc1C. The van der Waals surface area contributed by atoms with Gasteiger partial charge in [-0.1, -0.05) is 23.8 Å². The summed E-state index contributed by atoms with van der Waals surface area (Å²) < 4.78 is 5.32.